The smallest absolute Gasteiger partial charge is 0.262 e. The van der Waals surface area contributed by atoms with Gasteiger partial charge < -0.3 is 20.1 Å². The molecule has 4 rings (SSSR count). The number of nitrogens with zero attached hydrogens (tertiary/aromatic N) is 2. The Hall–Kier alpha value is -4.31. The van der Waals surface area contributed by atoms with Crippen molar-refractivity contribution in [2.45, 2.75) is 44.3 Å². The first-order valence-corrected chi connectivity index (χ1v) is 14.9. The molecule has 9 nitrogen and oxygen atoms in total. The molecule has 0 fully saturated rings. The molecule has 0 saturated carbocycles. The largest absolute Gasteiger partial charge is 0.493 e. The van der Waals surface area contributed by atoms with E-state index in [0.29, 0.717) is 53.5 Å². The third-order valence-corrected chi connectivity index (χ3v) is 7.75. The number of benzene rings is 3. The van der Waals surface area contributed by atoms with E-state index in [1.807, 2.05) is 48.5 Å². The van der Waals surface area contributed by atoms with E-state index in [0.717, 1.165) is 17.7 Å². The summed E-state index contributed by atoms with van der Waals surface area (Å²) in [7, 11) is 3.18. The quantitative estimate of drug-likeness (QED) is 0.160. The molecular weight excluding hydrogens is 552 g/mol. The molecule has 0 spiro atoms. The summed E-state index contributed by atoms with van der Waals surface area (Å²) in [6, 6.07) is 20.5. The fourth-order valence-electron chi connectivity index (χ4n) is 4.47. The molecule has 0 bridgehead atoms. The van der Waals surface area contributed by atoms with Gasteiger partial charge in [-0.05, 0) is 66.8 Å². The van der Waals surface area contributed by atoms with E-state index >= 15 is 0 Å². The molecule has 2 N–H and O–H groups in total. The van der Waals surface area contributed by atoms with Gasteiger partial charge in [0.1, 0.15) is 0 Å². The van der Waals surface area contributed by atoms with Gasteiger partial charge in [0, 0.05) is 25.2 Å². The van der Waals surface area contributed by atoms with Crippen molar-refractivity contribution in [3.05, 3.63) is 88.2 Å². The van der Waals surface area contributed by atoms with Gasteiger partial charge in [-0.25, -0.2) is 4.98 Å². The van der Waals surface area contributed by atoms with Gasteiger partial charge in [0.2, 0.25) is 11.8 Å². The summed E-state index contributed by atoms with van der Waals surface area (Å²) >= 11 is 1.21. The summed E-state index contributed by atoms with van der Waals surface area (Å²) in [5.74, 6) is 1.11. The summed E-state index contributed by atoms with van der Waals surface area (Å²) in [4.78, 5) is 43.2. The number of hydrogen-bond acceptors (Lipinski definition) is 7. The number of ether oxygens (including phenoxy) is 2. The summed E-state index contributed by atoms with van der Waals surface area (Å²) in [5.41, 5.74) is 3.32. The molecule has 0 aliphatic rings. The topological polar surface area (TPSA) is 112 Å². The first kappa shape index (κ1) is 30.6. The maximum Gasteiger partial charge on any atom is 0.262 e. The van der Waals surface area contributed by atoms with Crippen molar-refractivity contribution in [2.75, 3.05) is 31.8 Å². The second-order valence-corrected chi connectivity index (χ2v) is 10.6. The van der Waals surface area contributed by atoms with Crippen molar-refractivity contribution >= 4 is 40.2 Å². The molecule has 1 aromatic heterocycles. The first-order chi connectivity index (χ1) is 20.4. The molecule has 0 saturated heterocycles. The van der Waals surface area contributed by atoms with Crippen LogP contribution >= 0.6 is 11.8 Å². The second-order valence-electron chi connectivity index (χ2n) is 9.65. The zero-order valence-electron chi connectivity index (χ0n) is 24.1. The molecule has 220 valence electrons. The highest BCUT2D eigenvalue weighted by Crippen LogP contribution is 2.27. The minimum atomic E-state index is -0.188. The Balaban J connectivity index is 1.34. The van der Waals surface area contributed by atoms with Crippen LogP contribution in [0.3, 0.4) is 0 Å². The highest BCUT2D eigenvalue weighted by atomic mass is 32.2. The van der Waals surface area contributed by atoms with Crippen molar-refractivity contribution in [1.29, 1.82) is 0 Å². The van der Waals surface area contributed by atoms with Crippen LogP contribution in [0.15, 0.2) is 76.7 Å². The van der Waals surface area contributed by atoms with Crippen LogP contribution in [0.5, 0.6) is 11.5 Å². The maximum atomic E-state index is 13.3. The minimum Gasteiger partial charge on any atom is -0.493 e. The first-order valence-electron chi connectivity index (χ1n) is 13.9. The van der Waals surface area contributed by atoms with Gasteiger partial charge in [0.15, 0.2) is 16.7 Å². The number of nitrogens with one attached hydrogen (secondary N) is 2. The zero-order chi connectivity index (χ0) is 29.9. The predicted octanol–water partition coefficient (Wildman–Crippen LogP) is 4.85. The average Bonchev–Trinajstić information content (AvgIpc) is 3.01. The van der Waals surface area contributed by atoms with E-state index in [2.05, 4.69) is 22.5 Å². The SMILES string of the molecule is CCc1ccc(NC(=O)CSc2nc3ccccc3c(=O)n2CCCC(=O)NCCc2ccc(OC)c(OC)c2)cc1. The van der Waals surface area contributed by atoms with Crippen LogP contribution in [-0.2, 0) is 29.0 Å². The molecule has 0 radical (unpaired) electrons. The van der Waals surface area contributed by atoms with Crippen molar-refractivity contribution < 1.29 is 19.1 Å². The molecule has 0 aliphatic heterocycles. The van der Waals surface area contributed by atoms with Crippen molar-refractivity contribution in [3.8, 4) is 11.5 Å². The number of thioether (sulfide) groups is 1. The van der Waals surface area contributed by atoms with Gasteiger partial charge in [-0.3, -0.25) is 19.0 Å². The summed E-state index contributed by atoms with van der Waals surface area (Å²) in [6.07, 6.45) is 2.27. The number of anilines is 1. The van der Waals surface area contributed by atoms with Gasteiger partial charge in [0.25, 0.3) is 5.56 Å². The summed E-state index contributed by atoms with van der Waals surface area (Å²) < 4.78 is 12.2. The van der Waals surface area contributed by atoms with Gasteiger partial charge in [-0.2, -0.15) is 0 Å². The number of fused-ring (bicyclic) bond motifs is 1. The normalized spacial score (nSPS) is 10.8. The molecule has 42 heavy (non-hydrogen) atoms. The van der Waals surface area contributed by atoms with Crippen LogP contribution in [0, 0.1) is 0 Å². The van der Waals surface area contributed by atoms with Crippen LogP contribution in [0.1, 0.15) is 30.9 Å². The molecule has 0 unspecified atom stereocenters. The van der Waals surface area contributed by atoms with E-state index in [-0.39, 0.29) is 29.5 Å². The highest BCUT2D eigenvalue weighted by Gasteiger charge is 2.14. The lowest BCUT2D eigenvalue weighted by Gasteiger charge is -2.13. The number of carbonyl (C=O) groups is 2. The monoisotopic (exact) mass is 588 g/mol. The van der Waals surface area contributed by atoms with E-state index < -0.39 is 0 Å². The number of para-hydroxylation sites is 1. The Kier molecular flexibility index (Phi) is 11.0. The molecule has 1 heterocycles. The van der Waals surface area contributed by atoms with E-state index in [9.17, 15) is 14.4 Å². The summed E-state index contributed by atoms with van der Waals surface area (Å²) in [6.45, 7) is 2.86. The Morgan fingerprint density at radius 3 is 2.40 bits per heavy atom. The number of hydrogen-bond donors (Lipinski definition) is 2. The van der Waals surface area contributed by atoms with Crippen molar-refractivity contribution in [1.82, 2.24) is 14.9 Å². The lowest BCUT2D eigenvalue weighted by Crippen LogP contribution is -2.27. The Labute approximate surface area is 249 Å². The second kappa shape index (κ2) is 15.1. The van der Waals surface area contributed by atoms with E-state index in [1.54, 1.807) is 37.0 Å². The minimum absolute atomic E-state index is 0.0942. The highest BCUT2D eigenvalue weighted by molar-refractivity contribution is 7.99. The zero-order valence-corrected chi connectivity index (χ0v) is 25.0. The molecule has 3 aromatic carbocycles. The third-order valence-electron chi connectivity index (χ3n) is 6.77. The maximum absolute atomic E-state index is 13.3. The Morgan fingerprint density at radius 1 is 0.929 bits per heavy atom. The average molecular weight is 589 g/mol. The van der Waals surface area contributed by atoms with Gasteiger partial charge in [-0.15, -0.1) is 0 Å². The lowest BCUT2D eigenvalue weighted by atomic mass is 10.1. The standard InChI is InChI=1S/C32H36N4O5S/c1-4-22-11-14-24(15-12-22)34-30(38)21-42-32-35-26-9-6-5-8-25(26)31(39)36(32)19-7-10-29(37)33-18-17-23-13-16-27(40-2)28(20-23)41-3/h5-6,8-9,11-16,20H,4,7,10,17-19,21H2,1-3H3,(H,33,37)(H,34,38). The third kappa shape index (κ3) is 8.13. The van der Waals surface area contributed by atoms with Crippen LogP contribution < -0.4 is 25.7 Å². The number of carbonyl (C=O) groups excluding carboxylic acids is 2. The van der Waals surface area contributed by atoms with Gasteiger partial charge >= 0.3 is 0 Å². The predicted molar refractivity (Wildman–Crippen MR) is 167 cm³/mol. The number of rotatable bonds is 14. The van der Waals surface area contributed by atoms with E-state index in [1.165, 1.54) is 17.3 Å². The molecule has 2 amide bonds. The van der Waals surface area contributed by atoms with Crippen LogP contribution in [0.2, 0.25) is 0 Å². The Bertz CT molecular complexity index is 1590. The molecule has 10 heteroatoms. The summed E-state index contributed by atoms with van der Waals surface area (Å²) in [5, 5.41) is 6.79. The fraction of sp³-hybridized carbons (Fsp3) is 0.312. The number of methoxy groups -OCH3 is 2. The fourth-order valence-corrected chi connectivity index (χ4v) is 5.30. The van der Waals surface area contributed by atoms with Crippen LogP contribution in [0.25, 0.3) is 10.9 Å². The van der Waals surface area contributed by atoms with Crippen molar-refractivity contribution in [2.24, 2.45) is 0 Å². The molecular formula is C32H36N4O5S. The van der Waals surface area contributed by atoms with Gasteiger partial charge in [-0.1, -0.05) is 49.0 Å². The van der Waals surface area contributed by atoms with Gasteiger partial charge in [0.05, 0.1) is 30.9 Å². The van der Waals surface area contributed by atoms with Crippen LogP contribution in [-0.4, -0.2) is 47.9 Å². The van der Waals surface area contributed by atoms with Crippen LogP contribution in [0.4, 0.5) is 5.69 Å². The van der Waals surface area contributed by atoms with Crippen molar-refractivity contribution in [3.63, 3.8) is 0 Å². The van der Waals surface area contributed by atoms with E-state index in [4.69, 9.17) is 9.47 Å². The molecule has 0 aliphatic carbocycles. The molecule has 4 aromatic rings. The number of amides is 2. The Morgan fingerprint density at radius 2 is 1.67 bits per heavy atom. The number of aromatic nitrogens is 2. The number of aryl methyl sites for hydroxylation is 1. The molecule has 0 atom stereocenters. The lowest BCUT2D eigenvalue weighted by molar-refractivity contribution is -0.121.